The lowest BCUT2D eigenvalue weighted by Gasteiger charge is -2.37. The van der Waals surface area contributed by atoms with Gasteiger partial charge in [-0.05, 0) is 19.3 Å². The molecule has 4 atom stereocenters. The van der Waals surface area contributed by atoms with Crippen LogP contribution in [0, 0.1) is 0 Å². The van der Waals surface area contributed by atoms with Gasteiger partial charge >= 0.3 is 0 Å². The highest BCUT2D eigenvalue weighted by molar-refractivity contribution is 4.88. The van der Waals surface area contributed by atoms with Crippen molar-refractivity contribution >= 4 is 0 Å². The Bertz CT molecular complexity index is 401. The number of hydrogen-bond donors (Lipinski definition) is 3. The molecule has 3 N–H and O–H groups in total. The molecule has 1 heterocycles. The van der Waals surface area contributed by atoms with Gasteiger partial charge in [-0.3, -0.25) is 0 Å². The number of hydrogen-bond acceptors (Lipinski definition) is 5. The average Bonchev–Trinajstić information content (AvgIpc) is 2.75. The molecule has 30 heavy (non-hydrogen) atoms. The lowest BCUT2D eigenvalue weighted by atomic mass is 10.0. The summed E-state index contributed by atoms with van der Waals surface area (Å²) in [5.41, 5.74) is 0. The van der Waals surface area contributed by atoms with Crippen LogP contribution in [0.1, 0.15) is 103 Å². The highest BCUT2D eigenvalue weighted by Crippen LogP contribution is 2.18. The van der Waals surface area contributed by atoms with E-state index >= 15 is 0 Å². The van der Waals surface area contributed by atoms with E-state index in [1.54, 1.807) is 0 Å². The Kier molecular flexibility index (Phi) is 17.7. The molecule has 5 nitrogen and oxygen atoms in total. The van der Waals surface area contributed by atoms with Gasteiger partial charge in [0.05, 0.1) is 19.8 Å². The Balaban J connectivity index is 1.86. The summed E-state index contributed by atoms with van der Waals surface area (Å²) < 4.78 is 10.8. The van der Waals surface area contributed by atoms with E-state index in [2.05, 4.69) is 19.1 Å². The fraction of sp³-hybridized carbons (Fsp3) is 0.920. The van der Waals surface area contributed by atoms with E-state index in [1.807, 2.05) is 0 Å². The number of aliphatic hydroxyl groups excluding tert-OH is 3. The Labute approximate surface area is 184 Å². The molecule has 5 heteroatoms. The SMILES string of the molecule is CCCCCCCCCCCCCCC/C=C/CCO[C@H]1[C@H](O)[C@@H](CO)OC[C@@H]1O. The molecule has 1 rings (SSSR count). The van der Waals surface area contributed by atoms with Crippen LogP contribution in [0.3, 0.4) is 0 Å². The van der Waals surface area contributed by atoms with Gasteiger partial charge in [0, 0.05) is 0 Å². The van der Waals surface area contributed by atoms with Crippen molar-refractivity contribution in [3.8, 4) is 0 Å². The van der Waals surface area contributed by atoms with E-state index in [9.17, 15) is 10.2 Å². The van der Waals surface area contributed by atoms with E-state index in [0.29, 0.717) is 6.61 Å². The van der Waals surface area contributed by atoms with Crippen molar-refractivity contribution in [1.82, 2.24) is 0 Å². The Hall–Kier alpha value is -0.460. The second-order valence-electron chi connectivity index (χ2n) is 8.74. The van der Waals surface area contributed by atoms with Crippen molar-refractivity contribution in [2.24, 2.45) is 0 Å². The maximum absolute atomic E-state index is 10.1. The Morgan fingerprint density at radius 3 is 1.90 bits per heavy atom. The van der Waals surface area contributed by atoms with Crippen molar-refractivity contribution < 1.29 is 24.8 Å². The van der Waals surface area contributed by atoms with E-state index in [1.165, 1.54) is 83.5 Å². The lowest BCUT2D eigenvalue weighted by Crippen LogP contribution is -2.55. The zero-order valence-corrected chi connectivity index (χ0v) is 19.4. The minimum Gasteiger partial charge on any atom is -0.394 e. The van der Waals surface area contributed by atoms with Gasteiger partial charge in [-0.25, -0.2) is 0 Å². The molecule has 1 saturated heterocycles. The molecule has 0 unspecified atom stereocenters. The summed E-state index contributed by atoms with van der Waals surface area (Å²) in [6.07, 6.45) is 20.9. The summed E-state index contributed by atoms with van der Waals surface area (Å²) in [6.45, 7) is 2.54. The molecular formula is C25H48O5. The molecular weight excluding hydrogens is 380 g/mol. The number of allylic oxidation sites excluding steroid dienone is 1. The normalized spacial score (nSPS) is 24.7. The van der Waals surface area contributed by atoms with Gasteiger partial charge in [0.25, 0.3) is 0 Å². The smallest absolute Gasteiger partial charge is 0.114 e. The average molecular weight is 429 g/mol. The van der Waals surface area contributed by atoms with Crippen molar-refractivity contribution in [1.29, 1.82) is 0 Å². The van der Waals surface area contributed by atoms with Gasteiger partial charge in [0.2, 0.25) is 0 Å². The molecule has 0 aliphatic carbocycles. The van der Waals surface area contributed by atoms with Crippen molar-refractivity contribution in [2.75, 3.05) is 19.8 Å². The van der Waals surface area contributed by atoms with Gasteiger partial charge in [-0.2, -0.15) is 0 Å². The first-order chi connectivity index (χ1) is 14.7. The summed E-state index contributed by atoms with van der Waals surface area (Å²) in [5.74, 6) is 0. The molecule has 0 radical (unpaired) electrons. The van der Waals surface area contributed by atoms with E-state index in [-0.39, 0.29) is 13.2 Å². The van der Waals surface area contributed by atoms with Crippen LogP contribution >= 0.6 is 0 Å². The Morgan fingerprint density at radius 2 is 1.33 bits per heavy atom. The van der Waals surface area contributed by atoms with Crippen LogP contribution in [0.2, 0.25) is 0 Å². The van der Waals surface area contributed by atoms with Crippen molar-refractivity contribution in [2.45, 2.75) is 128 Å². The van der Waals surface area contributed by atoms with Crippen LogP contribution in [-0.4, -0.2) is 59.6 Å². The number of unbranched alkanes of at least 4 members (excludes halogenated alkanes) is 13. The van der Waals surface area contributed by atoms with Crippen LogP contribution in [0.5, 0.6) is 0 Å². The molecule has 0 aromatic heterocycles. The van der Waals surface area contributed by atoms with Crippen LogP contribution in [0.4, 0.5) is 0 Å². The lowest BCUT2D eigenvalue weighted by molar-refractivity contribution is -0.210. The molecule has 0 amide bonds. The molecule has 0 spiro atoms. The van der Waals surface area contributed by atoms with Gasteiger partial charge in [-0.15, -0.1) is 0 Å². The monoisotopic (exact) mass is 428 g/mol. The standard InChI is InChI=1S/C25H48O5/c1-2-3-4-5-6-7-8-9-10-11-12-13-14-15-16-17-18-19-29-25-22(27)21-30-23(20-26)24(25)28/h16-17,22-28H,2-15,18-21H2,1H3/b17-16+/t22-,23+,24+,25+/m0/s1. The fourth-order valence-electron chi connectivity index (χ4n) is 4.01. The first-order valence-electron chi connectivity index (χ1n) is 12.6. The molecule has 0 aromatic rings. The number of ether oxygens (including phenoxy) is 2. The summed E-state index contributed by atoms with van der Waals surface area (Å²) >= 11 is 0. The summed E-state index contributed by atoms with van der Waals surface area (Å²) in [7, 11) is 0. The van der Waals surface area contributed by atoms with Crippen molar-refractivity contribution in [3.63, 3.8) is 0 Å². The molecule has 0 saturated carbocycles. The van der Waals surface area contributed by atoms with E-state index in [0.717, 1.165) is 12.8 Å². The van der Waals surface area contributed by atoms with Crippen LogP contribution in [-0.2, 0) is 9.47 Å². The molecule has 1 aliphatic heterocycles. The molecule has 0 bridgehead atoms. The predicted octanol–water partition coefficient (Wildman–Crippen LogP) is 4.91. The maximum Gasteiger partial charge on any atom is 0.114 e. The van der Waals surface area contributed by atoms with Gasteiger partial charge < -0.3 is 24.8 Å². The maximum atomic E-state index is 10.1. The first kappa shape index (κ1) is 27.6. The third-order valence-electron chi connectivity index (χ3n) is 5.99. The van der Waals surface area contributed by atoms with Crippen LogP contribution in [0.25, 0.3) is 0 Å². The summed E-state index contributed by atoms with van der Waals surface area (Å²) in [4.78, 5) is 0. The molecule has 1 fully saturated rings. The quantitative estimate of drug-likeness (QED) is 0.201. The fourth-order valence-corrected chi connectivity index (χ4v) is 4.01. The van der Waals surface area contributed by atoms with E-state index < -0.39 is 24.4 Å². The second-order valence-corrected chi connectivity index (χ2v) is 8.74. The van der Waals surface area contributed by atoms with Crippen molar-refractivity contribution in [3.05, 3.63) is 12.2 Å². The minimum atomic E-state index is -0.992. The minimum absolute atomic E-state index is 0.0852. The van der Waals surface area contributed by atoms with Gasteiger partial charge in [0.15, 0.2) is 0 Å². The number of rotatable bonds is 19. The van der Waals surface area contributed by atoms with Crippen LogP contribution in [0.15, 0.2) is 12.2 Å². The summed E-state index contributed by atoms with van der Waals surface area (Å²) in [6, 6.07) is 0. The third-order valence-corrected chi connectivity index (χ3v) is 5.99. The first-order valence-corrected chi connectivity index (χ1v) is 12.6. The molecule has 0 aromatic carbocycles. The predicted molar refractivity (Wildman–Crippen MR) is 123 cm³/mol. The topological polar surface area (TPSA) is 79.2 Å². The Morgan fingerprint density at radius 1 is 0.800 bits per heavy atom. The summed E-state index contributed by atoms with van der Waals surface area (Å²) in [5, 5.41) is 29.1. The number of aliphatic hydroxyl groups is 3. The highest BCUT2D eigenvalue weighted by atomic mass is 16.6. The largest absolute Gasteiger partial charge is 0.394 e. The zero-order chi connectivity index (χ0) is 21.9. The van der Waals surface area contributed by atoms with Gasteiger partial charge in [0.1, 0.15) is 24.4 Å². The highest BCUT2D eigenvalue weighted by Gasteiger charge is 2.38. The second kappa shape index (κ2) is 19.2. The molecule has 1 aliphatic rings. The van der Waals surface area contributed by atoms with Crippen LogP contribution < -0.4 is 0 Å². The zero-order valence-electron chi connectivity index (χ0n) is 19.4. The third kappa shape index (κ3) is 13.1. The molecule has 178 valence electrons. The van der Waals surface area contributed by atoms with E-state index in [4.69, 9.17) is 14.6 Å². The van der Waals surface area contributed by atoms with Gasteiger partial charge in [-0.1, -0.05) is 96.1 Å².